The van der Waals surface area contributed by atoms with Crippen molar-refractivity contribution < 1.29 is 4.79 Å². The van der Waals surface area contributed by atoms with Gasteiger partial charge in [0.2, 0.25) is 5.91 Å². The van der Waals surface area contributed by atoms with Crippen LogP contribution in [0.3, 0.4) is 0 Å². The van der Waals surface area contributed by atoms with Crippen molar-refractivity contribution in [2.24, 2.45) is 5.73 Å². The van der Waals surface area contributed by atoms with Crippen molar-refractivity contribution in [3.8, 4) is 11.3 Å². The third-order valence-electron chi connectivity index (χ3n) is 3.09. The van der Waals surface area contributed by atoms with Gasteiger partial charge in [0.05, 0.1) is 12.2 Å². The maximum absolute atomic E-state index is 11.1. The second-order valence-electron chi connectivity index (χ2n) is 4.66. The van der Waals surface area contributed by atoms with Crippen LogP contribution in [0, 0.1) is 0 Å². The van der Waals surface area contributed by atoms with Crippen LogP contribution >= 0.6 is 0 Å². The summed E-state index contributed by atoms with van der Waals surface area (Å²) in [5, 5.41) is 4.13. The first-order valence-electron chi connectivity index (χ1n) is 6.41. The van der Waals surface area contributed by atoms with Gasteiger partial charge in [0.15, 0.2) is 0 Å². The van der Waals surface area contributed by atoms with Crippen LogP contribution in [-0.2, 0) is 4.79 Å². The van der Waals surface area contributed by atoms with E-state index in [0.29, 0.717) is 11.6 Å². The monoisotopic (exact) mass is 282 g/mol. The minimum Gasteiger partial charge on any atom is -0.368 e. The van der Waals surface area contributed by atoms with E-state index in [-0.39, 0.29) is 6.54 Å². The van der Waals surface area contributed by atoms with Crippen LogP contribution < -0.4 is 10.6 Å². The molecule has 2 heterocycles. The lowest BCUT2D eigenvalue weighted by molar-refractivity contribution is -0.116. The number of nitrogens with two attached hydrogens (primary N) is 1. The van der Waals surface area contributed by atoms with E-state index in [4.69, 9.17) is 5.73 Å². The van der Waals surface area contributed by atoms with Crippen LogP contribution in [-0.4, -0.2) is 39.1 Å². The molecule has 3 rings (SSSR count). The SMILES string of the molecule is CN(CC(N)=O)c1cc(-c2ccccc2)nc2ncnn12. The summed E-state index contributed by atoms with van der Waals surface area (Å²) in [7, 11) is 1.77. The fraction of sp³-hybridized carbons (Fsp3) is 0.143. The molecule has 0 aliphatic rings. The average Bonchev–Trinajstić information content (AvgIpc) is 2.94. The fourth-order valence-electron chi connectivity index (χ4n) is 2.14. The number of hydrogen-bond donors (Lipinski definition) is 1. The largest absolute Gasteiger partial charge is 0.368 e. The van der Waals surface area contributed by atoms with E-state index in [1.807, 2.05) is 36.4 Å². The summed E-state index contributed by atoms with van der Waals surface area (Å²) in [6, 6.07) is 11.6. The van der Waals surface area contributed by atoms with Gasteiger partial charge in [-0.2, -0.15) is 14.6 Å². The van der Waals surface area contributed by atoms with Gasteiger partial charge in [-0.05, 0) is 0 Å². The summed E-state index contributed by atoms with van der Waals surface area (Å²) >= 11 is 0. The highest BCUT2D eigenvalue weighted by Crippen LogP contribution is 2.22. The molecule has 7 heteroatoms. The molecule has 1 aromatic carbocycles. The number of primary amides is 1. The molecule has 0 unspecified atom stereocenters. The number of nitrogens with zero attached hydrogens (tertiary/aromatic N) is 5. The lowest BCUT2D eigenvalue weighted by Gasteiger charge is -2.18. The number of carbonyl (C=O) groups excluding carboxylic acids is 1. The molecule has 0 spiro atoms. The van der Waals surface area contributed by atoms with Crippen LogP contribution in [0.5, 0.6) is 0 Å². The number of fused-ring (bicyclic) bond motifs is 1. The molecule has 3 aromatic rings. The predicted octanol–water partition coefficient (Wildman–Crippen LogP) is 0.713. The van der Waals surface area contributed by atoms with Gasteiger partial charge in [0.25, 0.3) is 5.78 Å². The maximum atomic E-state index is 11.1. The van der Waals surface area contributed by atoms with E-state index in [2.05, 4.69) is 15.1 Å². The molecule has 106 valence electrons. The van der Waals surface area contributed by atoms with E-state index in [0.717, 1.165) is 11.3 Å². The molecule has 0 aliphatic heterocycles. The van der Waals surface area contributed by atoms with E-state index in [1.165, 1.54) is 6.33 Å². The predicted molar refractivity (Wildman–Crippen MR) is 78.7 cm³/mol. The lowest BCUT2D eigenvalue weighted by atomic mass is 10.1. The highest BCUT2D eigenvalue weighted by atomic mass is 16.1. The zero-order chi connectivity index (χ0) is 14.8. The molecule has 7 nitrogen and oxygen atoms in total. The maximum Gasteiger partial charge on any atom is 0.254 e. The normalized spacial score (nSPS) is 10.7. The van der Waals surface area contributed by atoms with E-state index < -0.39 is 5.91 Å². The first-order valence-corrected chi connectivity index (χ1v) is 6.41. The number of amides is 1. The smallest absolute Gasteiger partial charge is 0.254 e. The Kier molecular flexibility index (Phi) is 3.23. The molecule has 2 N–H and O–H groups in total. The summed E-state index contributed by atoms with van der Waals surface area (Å²) in [5.74, 6) is 0.765. The summed E-state index contributed by atoms with van der Waals surface area (Å²) in [5.41, 5.74) is 6.99. The van der Waals surface area contributed by atoms with Gasteiger partial charge >= 0.3 is 0 Å². The molecule has 0 radical (unpaired) electrons. The van der Waals surface area contributed by atoms with Crippen molar-refractivity contribution in [2.75, 3.05) is 18.5 Å². The van der Waals surface area contributed by atoms with Crippen molar-refractivity contribution in [2.45, 2.75) is 0 Å². The molecular weight excluding hydrogens is 268 g/mol. The lowest BCUT2D eigenvalue weighted by Crippen LogP contribution is -2.31. The minimum atomic E-state index is -0.413. The molecule has 21 heavy (non-hydrogen) atoms. The standard InChI is InChI=1S/C14H14N6O/c1-19(8-12(15)21)13-7-11(10-5-3-2-4-6-10)18-14-16-9-17-20(13)14/h2-7,9H,8H2,1H3,(H2,15,21). The van der Waals surface area contributed by atoms with Gasteiger partial charge in [0.1, 0.15) is 12.1 Å². The molecule has 0 fully saturated rings. The van der Waals surface area contributed by atoms with Crippen LogP contribution in [0.4, 0.5) is 5.82 Å². The minimum absolute atomic E-state index is 0.0905. The number of aromatic nitrogens is 4. The molecule has 0 bridgehead atoms. The quantitative estimate of drug-likeness (QED) is 0.761. The first-order chi connectivity index (χ1) is 10.1. The van der Waals surface area contributed by atoms with Gasteiger partial charge in [-0.15, -0.1) is 0 Å². The van der Waals surface area contributed by atoms with Crippen molar-refractivity contribution in [1.82, 2.24) is 19.6 Å². The van der Waals surface area contributed by atoms with Gasteiger partial charge in [-0.3, -0.25) is 4.79 Å². The molecule has 0 saturated carbocycles. The fourth-order valence-corrected chi connectivity index (χ4v) is 2.14. The Morgan fingerprint density at radius 1 is 1.33 bits per heavy atom. The molecule has 0 atom stereocenters. The third kappa shape index (κ3) is 2.53. The zero-order valence-electron chi connectivity index (χ0n) is 11.5. The molecular formula is C14H14N6O. The van der Waals surface area contributed by atoms with E-state index in [1.54, 1.807) is 16.5 Å². The Morgan fingerprint density at radius 2 is 2.10 bits per heavy atom. The molecule has 2 aromatic heterocycles. The van der Waals surface area contributed by atoms with Gasteiger partial charge < -0.3 is 10.6 Å². The van der Waals surface area contributed by atoms with Crippen molar-refractivity contribution in [3.05, 3.63) is 42.7 Å². The van der Waals surface area contributed by atoms with Gasteiger partial charge in [-0.25, -0.2) is 4.98 Å². The van der Waals surface area contributed by atoms with E-state index in [9.17, 15) is 4.79 Å². The van der Waals surface area contributed by atoms with Crippen molar-refractivity contribution in [1.29, 1.82) is 0 Å². The van der Waals surface area contributed by atoms with Crippen molar-refractivity contribution >= 4 is 17.5 Å². The summed E-state index contributed by atoms with van der Waals surface area (Å²) in [6.45, 7) is 0.0905. The number of rotatable bonds is 4. The molecule has 0 saturated heterocycles. The summed E-state index contributed by atoms with van der Waals surface area (Å²) in [6.07, 6.45) is 1.43. The summed E-state index contributed by atoms with van der Waals surface area (Å²) < 4.78 is 1.58. The number of hydrogen-bond acceptors (Lipinski definition) is 5. The number of carbonyl (C=O) groups is 1. The molecule has 0 aliphatic carbocycles. The van der Waals surface area contributed by atoms with Crippen LogP contribution in [0.1, 0.15) is 0 Å². The van der Waals surface area contributed by atoms with Crippen LogP contribution in [0.15, 0.2) is 42.7 Å². The Bertz CT molecular complexity index is 783. The van der Waals surface area contributed by atoms with Gasteiger partial charge in [-0.1, -0.05) is 30.3 Å². The second kappa shape index (κ2) is 5.20. The van der Waals surface area contributed by atoms with Gasteiger partial charge in [0, 0.05) is 18.7 Å². The van der Waals surface area contributed by atoms with E-state index >= 15 is 0 Å². The number of likely N-dealkylation sites (N-methyl/N-ethyl adjacent to an activating group) is 1. The van der Waals surface area contributed by atoms with Crippen LogP contribution in [0.2, 0.25) is 0 Å². The Balaban J connectivity index is 2.14. The third-order valence-corrected chi connectivity index (χ3v) is 3.09. The topological polar surface area (TPSA) is 89.4 Å². The average molecular weight is 282 g/mol. The second-order valence-corrected chi connectivity index (χ2v) is 4.66. The Morgan fingerprint density at radius 3 is 2.81 bits per heavy atom. The summed E-state index contributed by atoms with van der Waals surface area (Å²) in [4.78, 5) is 21.5. The van der Waals surface area contributed by atoms with Crippen molar-refractivity contribution in [3.63, 3.8) is 0 Å². The number of benzene rings is 1. The first kappa shape index (κ1) is 13.0. The molecule has 1 amide bonds. The number of anilines is 1. The Hall–Kier alpha value is -2.96. The Labute approximate surface area is 121 Å². The highest BCUT2D eigenvalue weighted by Gasteiger charge is 2.13. The van der Waals surface area contributed by atoms with Crippen LogP contribution in [0.25, 0.3) is 17.0 Å². The highest BCUT2D eigenvalue weighted by molar-refractivity contribution is 5.79. The zero-order valence-corrected chi connectivity index (χ0v) is 11.5.